The minimum atomic E-state index is -2.61. The first-order valence-electron chi connectivity index (χ1n) is 3.75. The Kier molecular flexibility index (Phi) is 4.13. The van der Waals surface area contributed by atoms with Gasteiger partial charge in [0.2, 0.25) is 0 Å². The Balaban J connectivity index is 4.21. The summed E-state index contributed by atoms with van der Waals surface area (Å²) < 4.78 is 25.4. The maximum Gasteiger partial charge on any atom is 0.334 e. The first kappa shape index (κ1) is 12.2. The van der Waals surface area contributed by atoms with E-state index in [1.165, 1.54) is 0 Å². The van der Waals surface area contributed by atoms with Crippen LogP contribution in [0.15, 0.2) is 12.2 Å². The van der Waals surface area contributed by atoms with E-state index in [-0.39, 0.29) is 11.3 Å². The van der Waals surface area contributed by atoms with Gasteiger partial charge in [-0.15, -0.1) is 0 Å². The van der Waals surface area contributed by atoms with E-state index in [0.29, 0.717) is 0 Å². The van der Waals surface area contributed by atoms with Gasteiger partial charge in [0.1, 0.15) is 16.3 Å². The summed E-state index contributed by atoms with van der Waals surface area (Å²) in [5, 5.41) is 0. The molecule has 0 fully saturated rings. The average molecular weight is 206 g/mol. The van der Waals surface area contributed by atoms with Crippen molar-refractivity contribution in [2.75, 3.05) is 5.75 Å². The third-order valence-electron chi connectivity index (χ3n) is 1.01. The van der Waals surface area contributed by atoms with Gasteiger partial charge >= 0.3 is 5.97 Å². The number of thiol groups is 1. The Hall–Kier alpha value is -0.840. The van der Waals surface area contributed by atoms with E-state index in [0.717, 1.165) is 0 Å². The van der Waals surface area contributed by atoms with Crippen LogP contribution in [0, 0.1) is 0 Å². The van der Waals surface area contributed by atoms with Crippen LogP contribution < -0.4 is 0 Å². The molecule has 0 aliphatic carbocycles. The monoisotopic (exact) mass is 206 g/mol. The van der Waals surface area contributed by atoms with E-state index in [1.807, 2.05) is 0 Å². The fourth-order valence-electron chi connectivity index (χ4n) is 0.571. The maximum absolute atomic E-state index is 11.1. The molecule has 4 nitrogen and oxygen atoms in total. The van der Waals surface area contributed by atoms with Crippen molar-refractivity contribution in [3.05, 3.63) is 12.2 Å². The van der Waals surface area contributed by atoms with Crippen molar-refractivity contribution in [3.8, 4) is 0 Å². The second kappa shape index (κ2) is 4.41. The van der Waals surface area contributed by atoms with Crippen molar-refractivity contribution in [1.82, 2.24) is 0 Å². The van der Waals surface area contributed by atoms with Crippen LogP contribution in [0.4, 0.5) is 0 Å². The average Bonchev–Trinajstić information content (AvgIpc) is 1.81. The SMILES string of the molecule is C=C(C[SH](=O)=O)C(=O)OC(C)(C)C. The number of rotatable bonds is 3. The molecule has 0 saturated carbocycles. The predicted molar refractivity (Wildman–Crippen MR) is 50.2 cm³/mol. The molecule has 0 rings (SSSR count). The molecule has 76 valence electrons. The van der Waals surface area contributed by atoms with E-state index in [1.54, 1.807) is 20.8 Å². The van der Waals surface area contributed by atoms with Gasteiger partial charge in [0.15, 0.2) is 0 Å². The van der Waals surface area contributed by atoms with Gasteiger partial charge in [0.05, 0.1) is 5.75 Å². The van der Waals surface area contributed by atoms with Crippen LogP contribution in [-0.2, 0) is 20.2 Å². The standard InChI is InChI=1S/C8H14O4S/c1-6(5-13(10)11)7(9)12-8(2,3)4/h13H,1,5H2,2-4H3. The van der Waals surface area contributed by atoms with Crippen LogP contribution in [0.5, 0.6) is 0 Å². The smallest absolute Gasteiger partial charge is 0.334 e. The van der Waals surface area contributed by atoms with Crippen LogP contribution in [0.25, 0.3) is 0 Å². The first-order valence-corrected chi connectivity index (χ1v) is 5.11. The van der Waals surface area contributed by atoms with Crippen molar-refractivity contribution in [2.24, 2.45) is 0 Å². The molecule has 0 heterocycles. The normalized spacial score (nSPS) is 11.4. The molecular formula is C8H14O4S. The molecule has 0 aromatic rings. The van der Waals surface area contributed by atoms with E-state index in [2.05, 4.69) is 6.58 Å². The lowest BCUT2D eigenvalue weighted by Crippen LogP contribution is -2.25. The van der Waals surface area contributed by atoms with Crippen LogP contribution in [0.2, 0.25) is 0 Å². The quantitative estimate of drug-likeness (QED) is 0.415. The fraction of sp³-hybridized carbons (Fsp3) is 0.625. The van der Waals surface area contributed by atoms with Crippen molar-refractivity contribution < 1.29 is 17.9 Å². The number of carbonyl (C=O) groups excluding carboxylic acids is 1. The molecule has 0 unspecified atom stereocenters. The zero-order valence-corrected chi connectivity index (χ0v) is 8.89. The van der Waals surface area contributed by atoms with E-state index in [9.17, 15) is 13.2 Å². The highest BCUT2D eigenvalue weighted by atomic mass is 32.2. The third-order valence-corrected chi connectivity index (χ3v) is 1.65. The van der Waals surface area contributed by atoms with Crippen molar-refractivity contribution in [1.29, 1.82) is 0 Å². The van der Waals surface area contributed by atoms with Gasteiger partial charge in [-0.05, 0) is 20.8 Å². The molecule has 0 saturated heterocycles. The molecule has 13 heavy (non-hydrogen) atoms. The van der Waals surface area contributed by atoms with Gasteiger partial charge in [-0.1, -0.05) is 6.58 Å². The molecule has 0 aromatic carbocycles. The molecule has 0 N–H and O–H groups in total. The number of hydrogen-bond donors (Lipinski definition) is 1. The molecule has 0 spiro atoms. The summed E-state index contributed by atoms with van der Waals surface area (Å²) >= 11 is 0. The molecule has 0 bridgehead atoms. The molecule has 0 amide bonds. The number of ether oxygens (including phenoxy) is 1. The van der Waals surface area contributed by atoms with Gasteiger partial charge in [-0.25, -0.2) is 13.2 Å². The largest absolute Gasteiger partial charge is 0.457 e. The summed E-state index contributed by atoms with van der Waals surface area (Å²) in [7, 11) is -2.61. The molecule has 0 aromatic heterocycles. The van der Waals surface area contributed by atoms with Crippen LogP contribution in [0.1, 0.15) is 20.8 Å². The lowest BCUT2D eigenvalue weighted by Gasteiger charge is -2.19. The summed E-state index contributed by atoms with van der Waals surface area (Å²) in [4.78, 5) is 11.1. The summed E-state index contributed by atoms with van der Waals surface area (Å²) in [6.45, 7) is 8.43. The molecule has 0 atom stereocenters. The molecular weight excluding hydrogens is 192 g/mol. The minimum absolute atomic E-state index is 0.0361. The van der Waals surface area contributed by atoms with E-state index < -0.39 is 22.3 Å². The number of esters is 1. The topological polar surface area (TPSA) is 60.4 Å². The highest BCUT2D eigenvalue weighted by Crippen LogP contribution is 2.09. The van der Waals surface area contributed by atoms with E-state index >= 15 is 0 Å². The molecule has 0 radical (unpaired) electrons. The Bertz CT molecular complexity index is 275. The van der Waals surface area contributed by atoms with Crippen molar-refractivity contribution in [3.63, 3.8) is 0 Å². The lowest BCUT2D eigenvalue weighted by molar-refractivity contribution is -0.149. The Morgan fingerprint density at radius 2 is 1.85 bits per heavy atom. The second-order valence-corrected chi connectivity index (χ2v) is 4.58. The highest BCUT2D eigenvalue weighted by Gasteiger charge is 2.18. The molecule has 0 aliphatic rings. The van der Waals surface area contributed by atoms with Crippen LogP contribution >= 0.6 is 0 Å². The zero-order chi connectivity index (χ0) is 10.6. The Morgan fingerprint density at radius 3 is 2.15 bits per heavy atom. The molecule has 0 aliphatic heterocycles. The molecule has 5 heteroatoms. The van der Waals surface area contributed by atoms with E-state index in [4.69, 9.17) is 4.74 Å². The number of hydrogen-bond acceptors (Lipinski definition) is 4. The van der Waals surface area contributed by atoms with Crippen molar-refractivity contribution >= 4 is 16.7 Å². The Labute approximate surface area is 79.5 Å². The summed E-state index contributed by atoms with van der Waals surface area (Å²) in [6, 6.07) is 0. The highest BCUT2D eigenvalue weighted by molar-refractivity contribution is 7.72. The van der Waals surface area contributed by atoms with Gasteiger partial charge < -0.3 is 4.74 Å². The minimum Gasteiger partial charge on any atom is -0.457 e. The Morgan fingerprint density at radius 1 is 1.38 bits per heavy atom. The van der Waals surface area contributed by atoms with Crippen LogP contribution in [0.3, 0.4) is 0 Å². The third kappa shape index (κ3) is 6.33. The van der Waals surface area contributed by atoms with Gasteiger partial charge in [-0.3, -0.25) is 0 Å². The maximum atomic E-state index is 11.1. The van der Waals surface area contributed by atoms with Gasteiger partial charge in [0, 0.05) is 5.57 Å². The summed E-state index contributed by atoms with van der Waals surface area (Å²) in [6.07, 6.45) is 0. The van der Waals surface area contributed by atoms with Crippen molar-refractivity contribution in [2.45, 2.75) is 26.4 Å². The van der Waals surface area contributed by atoms with Gasteiger partial charge in [0.25, 0.3) is 0 Å². The summed E-state index contributed by atoms with van der Waals surface area (Å²) in [5.74, 6) is -1.00. The first-order chi connectivity index (χ1) is 5.72. The van der Waals surface area contributed by atoms with Crippen LogP contribution in [-0.4, -0.2) is 25.7 Å². The fourth-order valence-corrected chi connectivity index (χ4v) is 1.01. The summed E-state index contributed by atoms with van der Waals surface area (Å²) in [5.41, 5.74) is -0.653. The lowest BCUT2D eigenvalue weighted by atomic mass is 10.2. The zero-order valence-electron chi connectivity index (χ0n) is 7.99. The van der Waals surface area contributed by atoms with Gasteiger partial charge in [-0.2, -0.15) is 0 Å². The number of carbonyl (C=O) groups is 1. The second-order valence-electron chi connectivity index (χ2n) is 3.60. The predicted octanol–water partition coefficient (Wildman–Crippen LogP) is 0.496.